The lowest BCUT2D eigenvalue weighted by Gasteiger charge is -2.32. The first-order valence-electron chi connectivity index (χ1n) is 12.0. The van der Waals surface area contributed by atoms with Crippen LogP contribution in [0.25, 0.3) is 0 Å². The van der Waals surface area contributed by atoms with Gasteiger partial charge in [-0.25, -0.2) is 4.79 Å². The van der Waals surface area contributed by atoms with E-state index >= 15 is 0 Å². The van der Waals surface area contributed by atoms with Gasteiger partial charge in [-0.3, -0.25) is 4.79 Å². The van der Waals surface area contributed by atoms with Gasteiger partial charge in [0.25, 0.3) is 0 Å². The molecule has 0 saturated carbocycles. The minimum Gasteiger partial charge on any atom is -0.467 e. The summed E-state index contributed by atoms with van der Waals surface area (Å²) in [5, 5.41) is 0. The fraction of sp³-hybridized carbons (Fsp3) is 0.200. The molecule has 0 radical (unpaired) electrons. The largest absolute Gasteiger partial charge is 0.467 e. The number of rotatable bonds is 7. The monoisotopic (exact) mass is 513 g/mol. The van der Waals surface area contributed by atoms with Gasteiger partial charge in [-0.05, 0) is 24.6 Å². The Labute approximate surface area is 225 Å². The van der Waals surface area contributed by atoms with Gasteiger partial charge < -0.3 is 19.4 Å². The average molecular weight is 512 g/mol. The van der Waals surface area contributed by atoms with Crippen molar-refractivity contribution in [1.29, 1.82) is 0 Å². The van der Waals surface area contributed by atoms with Crippen LogP contribution in [0.2, 0.25) is 0 Å². The van der Waals surface area contributed by atoms with E-state index < -0.39 is 43.6 Å². The number of benzene rings is 2. The van der Waals surface area contributed by atoms with E-state index in [-0.39, 0.29) is 6.61 Å². The molecule has 2 aromatic carbocycles. The van der Waals surface area contributed by atoms with E-state index in [2.05, 4.69) is 0 Å². The number of hydrogen-bond acceptors (Lipinski definition) is 8. The minimum absolute atomic E-state index is 0.229. The molecule has 0 bridgehead atoms. The number of nitrogens with two attached hydrogens (primary N) is 1. The van der Waals surface area contributed by atoms with Gasteiger partial charge in [0, 0.05) is 0 Å². The zero-order chi connectivity index (χ0) is 28.1. The second kappa shape index (κ2) is 9.82. The molecular formula is C20H27B8NO7S. The summed E-state index contributed by atoms with van der Waals surface area (Å²) >= 11 is 0. The first-order valence-corrected chi connectivity index (χ1v) is 13.4. The van der Waals surface area contributed by atoms with E-state index in [9.17, 15) is 18.0 Å². The van der Waals surface area contributed by atoms with Crippen molar-refractivity contribution in [2.75, 3.05) is 6.61 Å². The number of carbonyl (C=O) groups excluding carboxylic acids is 2. The number of carbonyl (C=O) groups is 2. The molecule has 0 spiro atoms. The van der Waals surface area contributed by atoms with Crippen LogP contribution in [0.3, 0.4) is 0 Å². The highest BCUT2D eigenvalue weighted by atomic mass is 32.2. The third-order valence-corrected chi connectivity index (χ3v) is 9.38. The molecule has 1 aliphatic rings. The van der Waals surface area contributed by atoms with Gasteiger partial charge in [0.1, 0.15) is 54.9 Å². The lowest BCUT2D eigenvalue weighted by Crippen LogP contribution is -2.60. The normalized spacial score (nSPS) is 17.9. The summed E-state index contributed by atoms with van der Waals surface area (Å²) in [6.07, 6.45) is 0. The molecule has 3 rings (SSSR count). The molecule has 17 heteroatoms. The molecular weight excluding hydrogens is 485 g/mol. The van der Waals surface area contributed by atoms with Gasteiger partial charge in [-0.1, -0.05) is 28.6 Å². The third-order valence-electron chi connectivity index (χ3n) is 7.54. The van der Waals surface area contributed by atoms with Crippen LogP contribution in [-0.4, -0.2) is 89.5 Å². The summed E-state index contributed by atoms with van der Waals surface area (Å²) in [5.41, 5.74) is 10.5. The Balaban J connectivity index is 1.97. The van der Waals surface area contributed by atoms with Crippen LogP contribution in [0.4, 0.5) is 0 Å². The molecule has 184 valence electrons. The molecule has 2 aromatic rings. The van der Waals surface area contributed by atoms with Crippen molar-refractivity contribution in [3.63, 3.8) is 0 Å². The molecule has 1 heterocycles. The Hall–Kier alpha value is -2.81. The SMILES string of the molecule is Bc1c(B)c(B)c(C(B)(B)S(=O)(=O)OC2=C(N)O[C@@](B)(c3ccc(C(=O)OCC)cc3)C2=O)c(B)c1B. The maximum absolute atomic E-state index is 13.7. The number of ether oxygens (including phenoxy) is 2. The predicted molar refractivity (Wildman–Crippen MR) is 166 cm³/mol. The van der Waals surface area contributed by atoms with Crippen molar-refractivity contribution in [2.24, 2.45) is 5.73 Å². The van der Waals surface area contributed by atoms with Crippen LogP contribution >= 0.6 is 0 Å². The minimum atomic E-state index is -4.41. The zero-order valence-electron chi connectivity index (χ0n) is 22.9. The van der Waals surface area contributed by atoms with Crippen LogP contribution in [0.15, 0.2) is 35.9 Å². The average Bonchev–Trinajstić information content (AvgIpc) is 3.05. The van der Waals surface area contributed by atoms with Gasteiger partial charge in [0.15, 0.2) is 13.3 Å². The van der Waals surface area contributed by atoms with E-state index in [0.717, 1.165) is 27.3 Å². The molecule has 0 aliphatic carbocycles. The molecule has 0 fully saturated rings. The lowest BCUT2D eigenvalue weighted by atomic mass is 9.53. The summed E-state index contributed by atoms with van der Waals surface area (Å²) in [7, 11) is 9.85. The molecule has 0 aromatic heterocycles. The number of hydrogen-bond donors (Lipinski definition) is 1. The zero-order valence-corrected chi connectivity index (χ0v) is 23.7. The van der Waals surface area contributed by atoms with Gasteiger partial charge in [0.2, 0.25) is 17.4 Å². The molecule has 8 nitrogen and oxygen atoms in total. The summed E-state index contributed by atoms with van der Waals surface area (Å²) in [6, 6.07) is 6.06. The maximum atomic E-state index is 13.7. The maximum Gasteiger partial charge on any atom is 0.338 e. The van der Waals surface area contributed by atoms with Crippen molar-refractivity contribution in [1.82, 2.24) is 0 Å². The van der Waals surface area contributed by atoms with Crippen LogP contribution in [0.5, 0.6) is 0 Å². The number of esters is 1. The highest BCUT2D eigenvalue weighted by molar-refractivity contribution is 7.90. The second-order valence-corrected chi connectivity index (χ2v) is 12.1. The second-order valence-electron chi connectivity index (χ2n) is 10.0. The standard InChI is InChI=1S/C20H27B8NO7S/c1-2-34-18(31)7-3-5-8(6-4-7)19(26)16(30)15(17(29)35-19)36-37(32,33)20(27,28)9-10(21)12(23)14(25)13(24)11(9)22/h3-6H,2,21-29H2,1H3/t19-/m0/s1. The highest BCUT2D eigenvalue weighted by Crippen LogP contribution is 2.37. The van der Waals surface area contributed by atoms with Gasteiger partial charge in [-0.15, -0.1) is 16.4 Å². The summed E-state index contributed by atoms with van der Waals surface area (Å²) in [4.78, 5) is 25.4. The van der Waals surface area contributed by atoms with Crippen molar-refractivity contribution in [3.8, 4) is 0 Å². The highest BCUT2D eigenvalue weighted by Gasteiger charge is 2.51. The van der Waals surface area contributed by atoms with Gasteiger partial charge in [-0.2, -0.15) is 8.42 Å². The Morgan fingerprint density at radius 3 is 1.97 bits per heavy atom. The molecule has 0 saturated heterocycles. The molecule has 2 N–H and O–H groups in total. The van der Waals surface area contributed by atoms with Crippen molar-refractivity contribution >= 4 is 112 Å². The van der Waals surface area contributed by atoms with E-state index in [1.165, 1.54) is 32.1 Å². The van der Waals surface area contributed by atoms with Crippen LogP contribution in [-0.2, 0) is 38.6 Å². The fourth-order valence-corrected chi connectivity index (χ4v) is 5.93. The van der Waals surface area contributed by atoms with Crippen molar-refractivity contribution in [3.05, 3.63) is 52.6 Å². The molecule has 0 unspecified atom stereocenters. The Morgan fingerprint density at radius 2 is 1.49 bits per heavy atom. The van der Waals surface area contributed by atoms with Gasteiger partial charge in [0.05, 0.1) is 16.7 Å². The van der Waals surface area contributed by atoms with Crippen LogP contribution < -0.4 is 33.0 Å². The Kier molecular flexibility index (Phi) is 7.63. The van der Waals surface area contributed by atoms with Crippen molar-refractivity contribution in [2.45, 2.75) is 17.0 Å². The van der Waals surface area contributed by atoms with Crippen molar-refractivity contribution < 1.29 is 31.7 Å². The first kappa shape index (κ1) is 28.8. The number of ketones is 1. The first-order chi connectivity index (χ1) is 17.0. The summed E-state index contributed by atoms with van der Waals surface area (Å²) in [6.45, 7) is 1.93. The van der Waals surface area contributed by atoms with Crippen LogP contribution in [0.1, 0.15) is 28.4 Å². The van der Waals surface area contributed by atoms with E-state index in [0.29, 0.717) is 16.7 Å². The smallest absolute Gasteiger partial charge is 0.338 e. The summed E-state index contributed by atoms with van der Waals surface area (Å²) in [5.74, 6) is -2.23. The predicted octanol–water partition coefficient (Wildman–Crippen LogP) is -9.91. The van der Waals surface area contributed by atoms with Crippen LogP contribution in [0, 0.1) is 0 Å². The molecule has 37 heavy (non-hydrogen) atoms. The van der Waals surface area contributed by atoms with E-state index in [4.69, 9.17) is 19.4 Å². The Morgan fingerprint density at radius 1 is 1.00 bits per heavy atom. The topological polar surface area (TPSA) is 122 Å². The lowest BCUT2D eigenvalue weighted by molar-refractivity contribution is -0.126. The molecule has 1 atom stereocenters. The van der Waals surface area contributed by atoms with E-state index in [1.54, 1.807) is 22.6 Å². The van der Waals surface area contributed by atoms with Gasteiger partial charge >= 0.3 is 16.1 Å². The molecule has 1 aliphatic heterocycles. The third kappa shape index (κ3) is 4.67. The summed E-state index contributed by atoms with van der Waals surface area (Å²) < 4.78 is 41.9. The van der Waals surface area contributed by atoms with E-state index in [1.807, 2.05) is 39.2 Å². The quantitative estimate of drug-likeness (QED) is 0.221. The molecule has 0 amide bonds. The fourth-order valence-electron chi connectivity index (χ4n) is 4.79. The number of Topliss-reactive ketones (excluding diaryl/α,β-unsaturated/α-hetero) is 1. The Bertz CT molecular complexity index is 1410.